The maximum absolute atomic E-state index is 13.0. The van der Waals surface area contributed by atoms with Gasteiger partial charge < -0.3 is 20.3 Å². The molecule has 2 amide bonds. The van der Waals surface area contributed by atoms with E-state index in [2.05, 4.69) is 41.0 Å². The molecular formula is C25H41N3O3S. The Kier molecular flexibility index (Phi) is 7.90. The maximum Gasteiger partial charge on any atom is 0.317 e. The molecule has 3 fully saturated rings. The number of likely N-dealkylation sites (tertiary alicyclic amines) is 1. The molecule has 6 nitrogen and oxygen atoms in total. The predicted octanol–water partition coefficient (Wildman–Crippen LogP) is 3.26. The van der Waals surface area contributed by atoms with Crippen molar-refractivity contribution in [1.29, 1.82) is 0 Å². The summed E-state index contributed by atoms with van der Waals surface area (Å²) >= 11 is 0. The van der Waals surface area contributed by atoms with Gasteiger partial charge in [-0.05, 0) is 69.1 Å². The number of carbonyl (C=O) groups is 1. The lowest BCUT2D eigenvalue weighted by atomic mass is 9.83. The maximum atomic E-state index is 13.0. The lowest BCUT2D eigenvalue weighted by Crippen LogP contribution is -2.60. The topological polar surface area (TPSA) is 70.7 Å². The predicted molar refractivity (Wildman–Crippen MR) is 132 cm³/mol. The number of nitrogens with one attached hydrogen (secondary N) is 2. The van der Waals surface area contributed by atoms with E-state index < -0.39 is 9.93 Å². The van der Waals surface area contributed by atoms with Crippen LogP contribution in [0.25, 0.3) is 0 Å². The third kappa shape index (κ3) is 5.91. The van der Waals surface area contributed by atoms with Gasteiger partial charge in [-0.2, -0.15) is 0 Å². The minimum Gasteiger partial charge on any atom is -0.376 e. The molecule has 2 aliphatic carbocycles. The van der Waals surface area contributed by atoms with Crippen molar-refractivity contribution in [3.05, 3.63) is 35.9 Å². The third-order valence-corrected chi connectivity index (χ3v) is 10.6. The number of thiol groups is 1. The molecule has 0 bridgehead atoms. The normalized spacial score (nSPS) is 29.5. The molecule has 180 valence electrons. The number of amides is 2. The van der Waals surface area contributed by atoms with Crippen LogP contribution in [0.15, 0.2) is 30.3 Å². The minimum absolute atomic E-state index is 0.0188. The first-order valence-electron chi connectivity index (χ1n) is 12.4. The van der Waals surface area contributed by atoms with Gasteiger partial charge in [0.25, 0.3) is 0 Å². The van der Waals surface area contributed by atoms with E-state index in [4.69, 9.17) is 4.74 Å². The molecule has 0 spiro atoms. The van der Waals surface area contributed by atoms with Gasteiger partial charge in [0.05, 0.1) is 18.8 Å². The van der Waals surface area contributed by atoms with Crippen molar-refractivity contribution >= 4 is 16.0 Å². The third-order valence-electron chi connectivity index (χ3n) is 7.69. The second-order valence-corrected chi connectivity index (χ2v) is 13.4. The Morgan fingerprint density at radius 3 is 2.47 bits per heavy atom. The average Bonchev–Trinajstić information content (AvgIpc) is 3.68. The van der Waals surface area contributed by atoms with Crippen molar-refractivity contribution in [1.82, 2.24) is 15.5 Å². The van der Waals surface area contributed by atoms with Gasteiger partial charge in [-0.15, -0.1) is 0 Å². The Labute approximate surface area is 194 Å². The SMILES string of the molecule is CNC(=O)N1CCC[C@H](NC[SH](C)(=O)C2CC2)[C@@H]1CO[C@H]1CC[C@@H](c2ccccc2)CC1. The van der Waals surface area contributed by atoms with Crippen molar-refractivity contribution in [3.8, 4) is 0 Å². The largest absolute Gasteiger partial charge is 0.376 e. The molecule has 2 N–H and O–H groups in total. The van der Waals surface area contributed by atoms with Crippen molar-refractivity contribution in [3.63, 3.8) is 0 Å². The van der Waals surface area contributed by atoms with Crippen molar-refractivity contribution in [2.75, 3.05) is 32.3 Å². The lowest BCUT2D eigenvalue weighted by molar-refractivity contribution is -0.0189. The number of urea groups is 1. The summed E-state index contributed by atoms with van der Waals surface area (Å²) < 4.78 is 19.4. The highest BCUT2D eigenvalue weighted by atomic mass is 32.2. The Hall–Kier alpha value is -1.44. The Balaban J connectivity index is 1.33. The summed E-state index contributed by atoms with van der Waals surface area (Å²) in [5.41, 5.74) is 1.44. The molecule has 32 heavy (non-hydrogen) atoms. The number of carbonyl (C=O) groups excluding carboxylic acids is 1. The van der Waals surface area contributed by atoms with Gasteiger partial charge in [-0.3, -0.25) is 4.21 Å². The fourth-order valence-corrected chi connectivity index (χ4v) is 7.56. The van der Waals surface area contributed by atoms with Gasteiger partial charge in [-0.1, -0.05) is 40.3 Å². The summed E-state index contributed by atoms with van der Waals surface area (Å²) in [7, 11) is -0.459. The molecule has 2 atom stereocenters. The zero-order valence-electron chi connectivity index (χ0n) is 19.7. The molecule has 1 heterocycles. The van der Waals surface area contributed by atoms with E-state index in [1.165, 1.54) is 5.56 Å². The van der Waals surface area contributed by atoms with E-state index >= 15 is 0 Å². The minimum atomic E-state index is -2.15. The molecule has 1 aliphatic heterocycles. The summed E-state index contributed by atoms with van der Waals surface area (Å²) in [5.74, 6) is 1.20. The Bertz CT molecular complexity index is 793. The second-order valence-electron chi connectivity index (χ2n) is 10.0. The van der Waals surface area contributed by atoms with E-state index in [9.17, 15) is 9.00 Å². The van der Waals surface area contributed by atoms with Gasteiger partial charge in [0, 0.05) is 30.8 Å². The smallest absolute Gasteiger partial charge is 0.317 e. The van der Waals surface area contributed by atoms with E-state index in [-0.39, 0.29) is 24.2 Å². The first kappa shape index (κ1) is 23.7. The summed E-state index contributed by atoms with van der Waals surface area (Å²) in [6, 6.07) is 10.9. The van der Waals surface area contributed by atoms with Crippen LogP contribution in [0.1, 0.15) is 62.8 Å². The monoisotopic (exact) mass is 463 g/mol. The zero-order chi connectivity index (χ0) is 22.6. The Morgan fingerprint density at radius 1 is 1.09 bits per heavy atom. The fraction of sp³-hybridized carbons (Fsp3) is 0.720. The van der Waals surface area contributed by atoms with E-state index in [0.717, 1.165) is 57.9 Å². The van der Waals surface area contributed by atoms with Crippen molar-refractivity contribution < 1.29 is 13.7 Å². The van der Waals surface area contributed by atoms with Crippen molar-refractivity contribution in [2.24, 2.45) is 0 Å². The number of rotatable bonds is 8. The van der Waals surface area contributed by atoms with Crippen LogP contribution in [0.4, 0.5) is 4.79 Å². The van der Waals surface area contributed by atoms with Crippen LogP contribution in [0.5, 0.6) is 0 Å². The molecule has 0 unspecified atom stereocenters. The second kappa shape index (κ2) is 10.7. The van der Waals surface area contributed by atoms with Crippen LogP contribution in [-0.4, -0.2) is 70.9 Å². The van der Waals surface area contributed by atoms with Crippen LogP contribution in [0.3, 0.4) is 0 Å². The highest BCUT2D eigenvalue weighted by Gasteiger charge is 2.38. The van der Waals surface area contributed by atoms with Gasteiger partial charge in [0.2, 0.25) is 0 Å². The van der Waals surface area contributed by atoms with Gasteiger partial charge in [-0.25, -0.2) is 4.79 Å². The van der Waals surface area contributed by atoms with Crippen LogP contribution >= 0.6 is 0 Å². The number of hydrogen-bond donors (Lipinski definition) is 3. The summed E-state index contributed by atoms with van der Waals surface area (Å²) in [6.45, 7) is 1.29. The number of benzene rings is 1. The molecule has 3 aliphatic rings. The molecule has 0 aromatic heterocycles. The standard InChI is InChI=1S/C25H41N3O3S/c1-26-25(29)28-16-6-9-23(27-18-32(2,30)22-14-15-22)24(28)17-31-21-12-10-20(11-13-21)19-7-4-3-5-8-19/h3-5,7-8,20-24,27,32H,6,9-18H2,1-2H3,(H,26,29)/t20-,21+,23-,24-/m0/s1. The summed E-state index contributed by atoms with van der Waals surface area (Å²) in [6.07, 6.45) is 10.8. The molecule has 1 aromatic rings. The van der Waals surface area contributed by atoms with Gasteiger partial charge >= 0.3 is 6.03 Å². The van der Waals surface area contributed by atoms with E-state index in [0.29, 0.717) is 23.7 Å². The molecule has 4 rings (SSSR count). The van der Waals surface area contributed by atoms with Gasteiger partial charge in [0.15, 0.2) is 0 Å². The molecule has 7 heteroatoms. The average molecular weight is 464 g/mol. The molecule has 1 saturated heterocycles. The molecule has 2 saturated carbocycles. The molecule has 0 radical (unpaired) electrons. The van der Waals surface area contributed by atoms with Crippen LogP contribution < -0.4 is 10.6 Å². The highest BCUT2D eigenvalue weighted by Crippen LogP contribution is 2.35. The number of piperidine rings is 1. The summed E-state index contributed by atoms with van der Waals surface area (Å²) in [4.78, 5) is 14.5. The number of nitrogens with zero attached hydrogens (tertiary/aromatic N) is 1. The first-order valence-corrected chi connectivity index (χ1v) is 14.8. The lowest BCUT2D eigenvalue weighted by Gasteiger charge is -2.42. The van der Waals surface area contributed by atoms with Crippen LogP contribution in [0, 0.1) is 0 Å². The Morgan fingerprint density at radius 2 is 1.81 bits per heavy atom. The quantitative estimate of drug-likeness (QED) is 0.518. The van der Waals surface area contributed by atoms with Gasteiger partial charge in [0.1, 0.15) is 0 Å². The van der Waals surface area contributed by atoms with E-state index in [1.54, 1.807) is 7.05 Å². The molecular weight excluding hydrogens is 422 g/mol. The first-order chi connectivity index (χ1) is 15.5. The van der Waals surface area contributed by atoms with Crippen LogP contribution in [-0.2, 0) is 14.7 Å². The number of hydrogen-bond acceptors (Lipinski definition) is 4. The van der Waals surface area contributed by atoms with E-state index in [1.807, 2.05) is 11.2 Å². The highest BCUT2D eigenvalue weighted by molar-refractivity contribution is 8.03. The molecule has 1 aromatic carbocycles. The zero-order valence-corrected chi connectivity index (χ0v) is 20.6. The fourth-order valence-electron chi connectivity index (χ4n) is 5.47. The van der Waals surface area contributed by atoms with Crippen LogP contribution in [0.2, 0.25) is 0 Å². The number of ether oxygens (including phenoxy) is 1. The summed E-state index contributed by atoms with van der Waals surface area (Å²) in [5, 5.41) is 6.80. The van der Waals surface area contributed by atoms with Crippen molar-refractivity contribution in [2.45, 2.75) is 80.7 Å².